The molecule has 0 saturated carbocycles. The molecule has 2 saturated heterocycles. The van der Waals surface area contributed by atoms with E-state index in [-0.39, 0.29) is 5.41 Å². The number of hydrogen-bond acceptors (Lipinski definition) is 3. The molecular weight excluding hydrogens is 254 g/mol. The Morgan fingerprint density at radius 3 is 2.53 bits per heavy atom. The van der Waals surface area contributed by atoms with Crippen molar-refractivity contribution in [1.29, 1.82) is 0 Å². The van der Waals surface area contributed by atoms with Crippen molar-refractivity contribution in [2.24, 2.45) is 11.1 Å². The maximum absolute atomic E-state index is 5.80. The molecule has 2 aliphatic heterocycles. The van der Waals surface area contributed by atoms with E-state index in [1.54, 1.807) is 0 Å². The lowest BCUT2D eigenvalue weighted by Gasteiger charge is -2.32. The second-order valence-electron chi connectivity index (χ2n) is 6.84. The summed E-state index contributed by atoms with van der Waals surface area (Å²) >= 11 is 5.15. The van der Waals surface area contributed by atoms with Gasteiger partial charge in [-0.1, -0.05) is 32.5 Å². The first-order chi connectivity index (χ1) is 8.99. The third kappa shape index (κ3) is 4.14. The van der Waals surface area contributed by atoms with Gasteiger partial charge in [0.15, 0.2) is 0 Å². The Labute approximate surface area is 123 Å². The molecule has 2 rings (SSSR count). The molecule has 3 nitrogen and oxygen atoms in total. The van der Waals surface area contributed by atoms with Crippen molar-refractivity contribution in [3.8, 4) is 0 Å². The highest BCUT2D eigenvalue weighted by Gasteiger charge is 2.30. The summed E-state index contributed by atoms with van der Waals surface area (Å²) in [5.74, 6) is 0. The van der Waals surface area contributed by atoms with E-state index in [1.165, 1.54) is 51.9 Å². The first kappa shape index (κ1) is 15.2. The minimum Gasteiger partial charge on any atom is -0.393 e. The van der Waals surface area contributed by atoms with Gasteiger partial charge in [0.1, 0.15) is 0 Å². The van der Waals surface area contributed by atoms with E-state index in [2.05, 4.69) is 23.6 Å². The third-order valence-corrected chi connectivity index (χ3v) is 5.43. The van der Waals surface area contributed by atoms with Gasteiger partial charge >= 0.3 is 0 Å². The second kappa shape index (κ2) is 6.51. The predicted octanol–water partition coefficient (Wildman–Crippen LogP) is 2.25. The van der Waals surface area contributed by atoms with Gasteiger partial charge in [-0.3, -0.25) is 4.90 Å². The molecule has 0 spiro atoms. The summed E-state index contributed by atoms with van der Waals surface area (Å²) in [5, 5.41) is 0. The van der Waals surface area contributed by atoms with E-state index in [9.17, 15) is 0 Å². The summed E-state index contributed by atoms with van der Waals surface area (Å²) in [4.78, 5) is 5.96. The molecule has 0 bridgehead atoms. The fourth-order valence-corrected chi connectivity index (χ4v) is 3.26. The van der Waals surface area contributed by atoms with Gasteiger partial charge in [-0.2, -0.15) is 0 Å². The van der Waals surface area contributed by atoms with Gasteiger partial charge in [-0.05, 0) is 51.9 Å². The van der Waals surface area contributed by atoms with Crippen molar-refractivity contribution in [3.05, 3.63) is 0 Å². The maximum atomic E-state index is 5.80. The quantitative estimate of drug-likeness (QED) is 0.785. The Morgan fingerprint density at radius 1 is 1.21 bits per heavy atom. The van der Waals surface area contributed by atoms with Crippen LogP contribution >= 0.6 is 12.2 Å². The van der Waals surface area contributed by atoms with Crippen molar-refractivity contribution >= 4 is 17.2 Å². The lowest BCUT2D eigenvalue weighted by atomic mass is 9.89. The SMILES string of the molecule is CC(C)(CCN1CCC(N2CCCCC2)C1)C(N)=S. The zero-order chi connectivity index (χ0) is 13.9. The minimum absolute atomic E-state index is 0.00144. The summed E-state index contributed by atoms with van der Waals surface area (Å²) < 4.78 is 0. The van der Waals surface area contributed by atoms with E-state index < -0.39 is 0 Å². The highest BCUT2D eigenvalue weighted by Crippen LogP contribution is 2.24. The van der Waals surface area contributed by atoms with Gasteiger partial charge in [0.2, 0.25) is 0 Å². The van der Waals surface area contributed by atoms with E-state index in [1.807, 2.05) is 0 Å². The van der Waals surface area contributed by atoms with Gasteiger partial charge in [-0.25, -0.2) is 0 Å². The molecule has 4 heteroatoms. The van der Waals surface area contributed by atoms with Crippen molar-refractivity contribution in [1.82, 2.24) is 9.80 Å². The van der Waals surface area contributed by atoms with Crippen LogP contribution in [0.1, 0.15) is 46.0 Å². The van der Waals surface area contributed by atoms with Crippen LogP contribution in [0.2, 0.25) is 0 Å². The third-order valence-electron chi connectivity index (χ3n) is 4.87. The molecule has 0 radical (unpaired) electrons. The van der Waals surface area contributed by atoms with Gasteiger partial charge < -0.3 is 10.6 Å². The summed E-state index contributed by atoms with van der Waals surface area (Å²) in [6.07, 6.45) is 6.63. The van der Waals surface area contributed by atoms with Crippen molar-refractivity contribution in [2.45, 2.75) is 52.0 Å². The molecule has 19 heavy (non-hydrogen) atoms. The van der Waals surface area contributed by atoms with Crippen molar-refractivity contribution in [2.75, 3.05) is 32.7 Å². The van der Waals surface area contributed by atoms with Crippen LogP contribution in [0.3, 0.4) is 0 Å². The Balaban J connectivity index is 1.74. The Hall–Kier alpha value is -0.190. The zero-order valence-corrected chi connectivity index (χ0v) is 13.3. The molecule has 2 aliphatic rings. The molecule has 2 fully saturated rings. The van der Waals surface area contributed by atoms with Crippen molar-refractivity contribution < 1.29 is 0 Å². The van der Waals surface area contributed by atoms with E-state index in [0.717, 1.165) is 19.0 Å². The number of hydrogen-bond donors (Lipinski definition) is 1. The van der Waals surface area contributed by atoms with Gasteiger partial charge in [0.05, 0.1) is 4.99 Å². The average Bonchev–Trinajstić information content (AvgIpc) is 2.86. The Morgan fingerprint density at radius 2 is 1.89 bits per heavy atom. The van der Waals surface area contributed by atoms with E-state index in [4.69, 9.17) is 18.0 Å². The van der Waals surface area contributed by atoms with Gasteiger partial charge in [-0.15, -0.1) is 0 Å². The van der Waals surface area contributed by atoms with Crippen LogP contribution in [0.5, 0.6) is 0 Å². The van der Waals surface area contributed by atoms with Crippen LogP contribution in [0.25, 0.3) is 0 Å². The summed E-state index contributed by atoms with van der Waals surface area (Å²) in [5.41, 5.74) is 5.80. The topological polar surface area (TPSA) is 32.5 Å². The van der Waals surface area contributed by atoms with Gasteiger partial charge in [0, 0.05) is 18.0 Å². The average molecular weight is 283 g/mol. The lowest BCUT2D eigenvalue weighted by Crippen LogP contribution is -2.41. The number of piperidine rings is 1. The molecule has 0 aromatic heterocycles. The molecule has 1 atom stereocenters. The monoisotopic (exact) mass is 283 g/mol. The molecular formula is C15H29N3S. The molecule has 0 aromatic carbocycles. The first-order valence-corrected chi connectivity index (χ1v) is 8.16. The maximum Gasteiger partial charge on any atom is 0.0784 e. The molecule has 110 valence electrons. The first-order valence-electron chi connectivity index (χ1n) is 7.75. The van der Waals surface area contributed by atoms with Crippen LogP contribution in [-0.4, -0.2) is 53.6 Å². The molecule has 0 aliphatic carbocycles. The van der Waals surface area contributed by atoms with Crippen LogP contribution in [0.4, 0.5) is 0 Å². The van der Waals surface area contributed by atoms with Crippen LogP contribution in [0, 0.1) is 5.41 Å². The number of rotatable bonds is 5. The normalized spacial score (nSPS) is 26.7. The number of nitrogens with zero attached hydrogens (tertiary/aromatic N) is 2. The number of nitrogens with two attached hydrogens (primary N) is 1. The summed E-state index contributed by atoms with van der Waals surface area (Å²) in [6, 6.07) is 0.799. The van der Waals surface area contributed by atoms with E-state index in [0.29, 0.717) is 4.99 Å². The second-order valence-corrected chi connectivity index (χ2v) is 7.28. The van der Waals surface area contributed by atoms with Crippen molar-refractivity contribution in [3.63, 3.8) is 0 Å². The molecule has 2 heterocycles. The lowest BCUT2D eigenvalue weighted by molar-refractivity contribution is 0.160. The summed E-state index contributed by atoms with van der Waals surface area (Å²) in [6.45, 7) is 10.6. The predicted molar refractivity (Wildman–Crippen MR) is 85.5 cm³/mol. The summed E-state index contributed by atoms with van der Waals surface area (Å²) in [7, 11) is 0. The van der Waals surface area contributed by atoms with Crippen LogP contribution in [0.15, 0.2) is 0 Å². The molecule has 0 aromatic rings. The van der Waals surface area contributed by atoms with Crippen LogP contribution in [-0.2, 0) is 0 Å². The fourth-order valence-electron chi connectivity index (χ4n) is 3.16. The van der Waals surface area contributed by atoms with E-state index >= 15 is 0 Å². The highest BCUT2D eigenvalue weighted by molar-refractivity contribution is 7.80. The largest absolute Gasteiger partial charge is 0.393 e. The molecule has 1 unspecified atom stereocenters. The fraction of sp³-hybridized carbons (Fsp3) is 0.933. The highest BCUT2D eigenvalue weighted by atomic mass is 32.1. The molecule has 2 N–H and O–H groups in total. The number of thiocarbonyl (C=S) groups is 1. The smallest absolute Gasteiger partial charge is 0.0784 e. The minimum atomic E-state index is -0.00144. The zero-order valence-electron chi connectivity index (χ0n) is 12.5. The van der Waals surface area contributed by atoms with Crippen LogP contribution < -0.4 is 5.73 Å². The standard InChI is InChI=1S/C15H29N3S/c1-15(2,14(16)19)7-11-17-10-6-13(12-17)18-8-4-3-5-9-18/h13H,3-12H2,1-2H3,(H2,16,19). The Bertz CT molecular complexity index is 311. The number of likely N-dealkylation sites (tertiary alicyclic amines) is 2. The van der Waals surface area contributed by atoms with Gasteiger partial charge in [0.25, 0.3) is 0 Å². The Kier molecular flexibility index (Phi) is 5.21. The molecule has 0 amide bonds.